The average Bonchev–Trinajstić information content (AvgIpc) is 3.53. The molecule has 1 aromatic carbocycles. The lowest BCUT2D eigenvalue weighted by atomic mass is 9.92. The van der Waals surface area contributed by atoms with Crippen LogP contribution in [0.5, 0.6) is 0 Å². The van der Waals surface area contributed by atoms with Crippen molar-refractivity contribution in [3.63, 3.8) is 0 Å². The smallest absolute Gasteiger partial charge is 0.223 e. The van der Waals surface area contributed by atoms with Crippen molar-refractivity contribution < 1.29 is 19.5 Å². The molecule has 1 fully saturated rings. The summed E-state index contributed by atoms with van der Waals surface area (Å²) in [6.45, 7) is 17.0. The van der Waals surface area contributed by atoms with Crippen LogP contribution < -0.4 is 16.8 Å². The van der Waals surface area contributed by atoms with Crippen LogP contribution in [-0.2, 0) is 20.9 Å². The highest BCUT2D eigenvalue weighted by molar-refractivity contribution is 7.13. The van der Waals surface area contributed by atoms with E-state index in [9.17, 15) is 14.7 Å². The predicted molar refractivity (Wildman–Crippen MR) is 162 cm³/mol. The van der Waals surface area contributed by atoms with Crippen molar-refractivity contribution in [1.29, 1.82) is 0 Å². The van der Waals surface area contributed by atoms with Crippen molar-refractivity contribution >= 4 is 30.1 Å². The summed E-state index contributed by atoms with van der Waals surface area (Å²) in [5.41, 5.74) is 14.5. The molecule has 0 spiro atoms. The third-order valence-corrected chi connectivity index (χ3v) is 6.08. The first-order valence-electron chi connectivity index (χ1n) is 13.5. The predicted octanol–water partition coefficient (Wildman–Crippen LogP) is 4.25. The molecule has 222 valence electrons. The molecule has 2 aromatic rings. The van der Waals surface area contributed by atoms with Gasteiger partial charge in [-0.1, -0.05) is 72.2 Å². The van der Waals surface area contributed by atoms with Crippen LogP contribution in [0.15, 0.2) is 29.8 Å². The largest absolute Gasteiger partial charge is 0.391 e. The van der Waals surface area contributed by atoms with E-state index in [4.69, 9.17) is 10.5 Å². The van der Waals surface area contributed by atoms with Gasteiger partial charge in [-0.15, -0.1) is 11.3 Å². The molecular weight excluding hydrogens is 514 g/mol. The number of aromatic nitrogens is 1. The first kappa shape index (κ1) is 38.3. The van der Waals surface area contributed by atoms with Crippen LogP contribution in [0, 0.1) is 12.3 Å². The fraction of sp³-hybridized carbons (Fsp3) is 0.586. The summed E-state index contributed by atoms with van der Waals surface area (Å²) >= 11 is 1.64. The van der Waals surface area contributed by atoms with E-state index < -0.39 is 0 Å². The van der Waals surface area contributed by atoms with Gasteiger partial charge in [-0.25, -0.2) is 4.98 Å². The lowest BCUT2D eigenvalue weighted by molar-refractivity contribution is -0.132. The Morgan fingerprint density at radius 3 is 2.18 bits per heavy atom. The molecule has 0 aliphatic carbocycles. The molecule has 1 aliphatic heterocycles. The molecule has 10 heteroatoms. The fourth-order valence-corrected chi connectivity index (χ4v) is 4.06. The number of benzene rings is 1. The number of aliphatic hydroxyl groups excluding tert-OH is 1. The number of carbonyl (C=O) groups is 3. The number of nitrogens with zero attached hydrogens (tertiary/aromatic N) is 2. The Hall–Kier alpha value is -2.82. The van der Waals surface area contributed by atoms with Gasteiger partial charge >= 0.3 is 0 Å². The van der Waals surface area contributed by atoms with E-state index >= 15 is 0 Å². The number of nitrogens with one attached hydrogen (secondary N) is 1. The van der Waals surface area contributed by atoms with E-state index in [1.165, 1.54) is 23.3 Å². The number of nitrogens with two attached hydrogens (primary N) is 2. The number of primary amides is 1. The average molecular weight is 566 g/mol. The summed E-state index contributed by atoms with van der Waals surface area (Å²) in [5, 5.41) is 11.9. The lowest BCUT2D eigenvalue weighted by Gasteiger charge is -2.22. The molecule has 1 unspecified atom stereocenters. The summed E-state index contributed by atoms with van der Waals surface area (Å²) < 4.78 is 0. The molecule has 0 bridgehead atoms. The van der Waals surface area contributed by atoms with Crippen LogP contribution in [0.1, 0.15) is 78.5 Å². The Bertz CT molecular complexity index is 896. The van der Waals surface area contributed by atoms with Crippen LogP contribution in [0.25, 0.3) is 10.4 Å². The summed E-state index contributed by atoms with van der Waals surface area (Å²) in [6.07, 6.45) is 4.34. The molecular formula is C29H51N5O4S. The molecule has 0 radical (unpaired) electrons. The summed E-state index contributed by atoms with van der Waals surface area (Å²) in [5.74, 6) is 0.170. The summed E-state index contributed by atoms with van der Waals surface area (Å²) in [6, 6.07) is 8.15. The second-order valence-electron chi connectivity index (χ2n) is 9.76. The SMILES string of the molecule is CC.CC(C)(C)CC(=O)N1CCC(O)C1.CCCCN.Cc1ncsc1-c1ccc(CNC=O)cc1.NC=O. The summed E-state index contributed by atoms with van der Waals surface area (Å²) in [4.78, 5) is 37.6. The Morgan fingerprint density at radius 1 is 1.23 bits per heavy atom. The minimum Gasteiger partial charge on any atom is -0.391 e. The number of likely N-dealkylation sites (tertiary alicyclic amines) is 1. The Morgan fingerprint density at radius 2 is 1.82 bits per heavy atom. The van der Waals surface area contributed by atoms with Gasteiger partial charge in [0.25, 0.3) is 0 Å². The van der Waals surface area contributed by atoms with E-state index in [0.717, 1.165) is 30.8 Å². The zero-order chi connectivity index (χ0) is 30.3. The Kier molecular flexibility index (Phi) is 22.7. The highest BCUT2D eigenvalue weighted by Gasteiger charge is 2.27. The molecule has 1 aliphatic rings. The number of carbonyl (C=O) groups excluding carboxylic acids is 3. The van der Waals surface area contributed by atoms with Gasteiger partial charge in [0.05, 0.1) is 22.2 Å². The molecule has 1 saturated heterocycles. The van der Waals surface area contributed by atoms with Crippen molar-refractivity contribution in [3.8, 4) is 10.4 Å². The fourth-order valence-electron chi connectivity index (χ4n) is 3.25. The molecule has 0 saturated carbocycles. The molecule has 6 N–H and O–H groups in total. The molecule has 2 heterocycles. The standard InChI is InChI=1S/C12H12N2OS.C10H19NO2.C4H11N.C2H6.CH3NO/c1-9-12(16-8-14-9)11-4-2-10(3-5-11)6-13-7-15;1-10(2,3)6-9(13)11-5-4-8(12)7-11;1-2-3-4-5;1-2;2-1-3/h2-5,7-8H,6H2,1H3,(H,13,15);8,12H,4-7H2,1-3H3;2-5H2,1H3;1-2H3;1H,(H2,2,3). The van der Waals surface area contributed by atoms with Crippen molar-refractivity contribution in [2.45, 2.75) is 86.8 Å². The molecule has 39 heavy (non-hydrogen) atoms. The zero-order valence-electron chi connectivity index (χ0n) is 24.9. The van der Waals surface area contributed by atoms with Gasteiger partial charge in [-0.05, 0) is 42.9 Å². The molecule has 3 amide bonds. The van der Waals surface area contributed by atoms with Gasteiger partial charge in [-0.2, -0.15) is 0 Å². The molecule has 1 aromatic heterocycles. The minimum absolute atomic E-state index is 0.0463. The van der Waals surface area contributed by atoms with Gasteiger partial charge in [0, 0.05) is 26.1 Å². The number of hydrogen-bond acceptors (Lipinski definition) is 7. The summed E-state index contributed by atoms with van der Waals surface area (Å²) in [7, 11) is 0. The second kappa shape index (κ2) is 23.1. The quantitative estimate of drug-likeness (QED) is 0.368. The van der Waals surface area contributed by atoms with E-state index in [1.807, 2.05) is 38.4 Å². The maximum Gasteiger partial charge on any atom is 0.223 e. The third-order valence-electron chi connectivity index (χ3n) is 5.11. The van der Waals surface area contributed by atoms with Crippen molar-refractivity contribution in [2.75, 3.05) is 19.6 Å². The normalized spacial score (nSPS) is 13.6. The van der Waals surface area contributed by atoms with E-state index in [0.29, 0.717) is 25.9 Å². The van der Waals surface area contributed by atoms with Crippen LogP contribution in [-0.4, -0.2) is 59.5 Å². The number of amides is 3. The van der Waals surface area contributed by atoms with Crippen molar-refractivity contribution in [1.82, 2.24) is 15.2 Å². The van der Waals surface area contributed by atoms with Crippen LogP contribution >= 0.6 is 11.3 Å². The second-order valence-corrected chi connectivity index (χ2v) is 10.6. The van der Waals surface area contributed by atoms with Gasteiger partial charge in [0.1, 0.15) is 0 Å². The number of aliphatic hydroxyl groups is 1. The Balaban J connectivity index is 0. The molecule has 1 atom stereocenters. The maximum absolute atomic E-state index is 11.6. The highest BCUT2D eigenvalue weighted by atomic mass is 32.1. The topological polar surface area (TPSA) is 152 Å². The van der Waals surface area contributed by atoms with Gasteiger partial charge < -0.3 is 26.8 Å². The van der Waals surface area contributed by atoms with Gasteiger partial charge in [0.15, 0.2) is 0 Å². The van der Waals surface area contributed by atoms with Crippen LogP contribution in [0.3, 0.4) is 0 Å². The molecule has 9 nitrogen and oxygen atoms in total. The van der Waals surface area contributed by atoms with Crippen molar-refractivity contribution in [2.24, 2.45) is 16.9 Å². The highest BCUT2D eigenvalue weighted by Crippen LogP contribution is 2.27. The first-order valence-corrected chi connectivity index (χ1v) is 14.4. The number of thiazole rings is 1. The zero-order valence-corrected chi connectivity index (χ0v) is 25.7. The number of rotatable bonds is 7. The number of unbranched alkanes of at least 4 members (excludes halogenated alkanes) is 1. The third kappa shape index (κ3) is 19.0. The lowest BCUT2D eigenvalue weighted by Crippen LogP contribution is -2.32. The van der Waals surface area contributed by atoms with Crippen molar-refractivity contribution in [3.05, 3.63) is 41.0 Å². The minimum atomic E-state index is -0.302. The number of aryl methyl sites for hydroxylation is 1. The van der Waals surface area contributed by atoms with Gasteiger partial charge in [-0.3, -0.25) is 14.4 Å². The number of β-amino-alcohol motifs (C(OH)–C–C–N with tert-alkyl or cyclic N) is 1. The van der Waals surface area contributed by atoms with E-state index in [2.05, 4.69) is 55.9 Å². The Labute approximate surface area is 239 Å². The molecule has 3 rings (SSSR count). The maximum atomic E-state index is 11.6. The van der Waals surface area contributed by atoms with E-state index in [1.54, 1.807) is 16.2 Å². The number of hydrogen-bond donors (Lipinski definition) is 4. The van der Waals surface area contributed by atoms with Crippen LogP contribution in [0.4, 0.5) is 0 Å². The van der Waals surface area contributed by atoms with Crippen LogP contribution in [0.2, 0.25) is 0 Å². The van der Waals surface area contributed by atoms with E-state index in [-0.39, 0.29) is 23.8 Å². The first-order chi connectivity index (χ1) is 18.5. The van der Waals surface area contributed by atoms with Gasteiger partial charge in [0.2, 0.25) is 18.7 Å². The monoisotopic (exact) mass is 565 g/mol.